The quantitative estimate of drug-likeness (QED) is 0.863. The Morgan fingerprint density at radius 2 is 2.17 bits per heavy atom. The average molecular weight is 326 g/mol. The number of carbonyl (C=O) groups is 1. The first kappa shape index (κ1) is 15.2. The van der Waals surface area contributed by atoms with Gasteiger partial charge in [0.05, 0.1) is 12.2 Å². The highest BCUT2D eigenvalue weighted by Crippen LogP contribution is 2.31. The van der Waals surface area contributed by atoms with E-state index in [1.165, 1.54) is 0 Å². The van der Waals surface area contributed by atoms with Crippen LogP contribution in [0, 0.1) is 5.92 Å². The van der Waals surface area contributed by atoms with Crippen LogP contribution in [0.5, 0.6) is 5.75 Å². The van der Waals surface area contributed by atoms with Crippen molar-refractivity contribution in [3.8, 4) is 5.75 Å². The summed E-state index contributed by atoms with van der Waals surface area (Å²) >= 11 is 0. The molecule has 0 spiro atoms. The second kappa shape index (κ2) is 6.26. The number of fused-ring (bicyclic) bond motifs is 1. The number of hydrogen-bond acceptors (Lipinski definition) is 4. The van der Waals surface area contributed by atoms with Gasteiger partial charge in [-0.25, -0.2) is 0 Å². The van der Waals surface area contributed by atoms with Crippen LogP contribution in [-0.2, 0) is 19.9 Å². The van der Waals surface area contributed by atoms with Gasteiger partial charge >= 0.3 is 0 Å². The fraction of sp³-hybridized carbons (Fsp3) is 0.500. The molecule has 126 valence electrons. The van der Waals surface area contributed by atoms with Crippen LogP contribution < -0.4 is 4.74 Å². The highest BCUT2D eigenvalue weighted by molar-refractivity contribution is 5.97. The van der Waals surface area contributed by atoms with Crippen LogP contribution >= 0.6 is 0 Å². The summed E-state index contributed by atoms with van der Waals surface area (Å²) in [4.78, 5) is 14.8. The third-order valence-corrected chi connectivity index (χ3v) is 5.12. The lowest BCUT2D eigenvalue weighted by Crippen LogP contribution is -2.39. The summed E-state index contributed by atoms with van der Waals surface area (Å²) in [5, 5.41) is 8.10. The molecule has 4 rings (SSSR count). The van der Waals surface area contributed by atoms with Crippen LogP contribution in [0.3, 0.4) is 0 Å². The lowest BCUT2D eigenvalue weighted by atomic mass is 9.92. The molecule has 1 aromatic carbocycles. The Morgan fingerprint density at radius 1 is 1.33 bits per heavy atom. The van der Waals surface area contributed by atoms with Crippen LogP contribution in [0.1, 0.15) is 34.6 Å². The summed E-state index contributed by atoms with van der Waals surface area (Å²) in [6.07, 6.45) is 5.59. The molecule has 3 heterocycles. The Labute approximate surface area is 141 Å². The Bertz CT molecular complexity index is 747. The van der Waals surface area contributed by atoms with Crippen LogP contribution in [0.2, 0.25) is 0 Å². The largest absolute Gasteiger partial charge is 0.492 e. The molecular formula is C18H22N4O2. The summed E-state index contributed by atoms with van der Waals surface area (Å²) < 4.78 is 7.65. The van der Waals surface area contributed by atoms with E-state index >= 15 is 0 Å². The van der Waals surface area contributed by atoms with Gasteiger partial charge in [-0.15, -0.1) is 10.2 Å². The highest BCUT2D eigenvalue weighted by atomic mass is 16.5. The van der Waals surface area contributed by atoms with E-state index < -0.39 is 0 Å². The topological polar surface area (TPSA) is 60.2 Å². The number of piperidine rings is 1. The number of carbonyl (C=O) groups excluding carboxylic acids is 1. The van der Waals surface area contributed by atoms with Gasteiger partial charge in [-0.1, -0.05) is 12.1 Å². The van der Waals surface area contributed by atoms with Gasteiger partial charge in [0.1, 0.15) is 17.9 Å². The molecule has 6 nitrogen and oxygen atoms in total. The van der Waals surface area contributed by atoms with E-state index in [2.05, 4.69) is 10.2 Å². The van der Waals surface area contributed by atoms with Crippen molar-refractivity contribution >= 4 is 5.91 Å². The monoisotopic (exact) mass is 326 g/mol. The molecule has 0 radical (unpaired) electrons. The molecule has 1 amide bonds. The Hall–Kier alpha value is -2.37. The summed E-state index contributed by atoms with van der Waals surface area (Å²) in [5.41, 5.74) is 1.87. The lowest BCUT2D eigenvalue weighted by molar-refractivity contribution is 0.0686. The first-order valence-electron chi connectivity index (χ1n) is 8.59. The standard InChI is InChI=1S/C18H22N4O2/c1-21-12-19-20-16(21)11-13-5-8-22(9-6-13)18(23)15-4-2-3-14-7-10-24-17(14)15/h2-4,12-13H,5-11H2,1H3. The van der Waals surface area contributed by atoms with E-state index in [0.29, 0.717) is 12.5 Å². The van der Waals surface area contributed by atoms with E-state index in [-0.39, 0.29) is 5.91 Å². The highest BCUT2D eigenvalue weighted by Gasteiger charge is 2.28. The summed E-state index contributed by atoms with van der Waals surface area (Å²) in [7, 11) is 1.98. The zero-order valence-electron chi connectivity index (χ0n) is 13.9. The molecule has 2 aliphatic heterocycles. The van der Waals surface area contributed by atoms with Crippen molar-refractivity contribution in [3.63, 3.8) is 0 Å². The maximum absolute atomic E-state index is 12.9. The predicted octanol–water partition coefficient (Wildman–Crippen LogP) is 1.84. The molecule has 1 aromatic heterocycles. The van der Waals surface area contributed by atoms with Crippen LogP contribution in [0.25, 0.3) is 0 Å². The molecule has 0 saturated carbocycles. The molecule has 0 unspecified atom stereocenters. The number of hydrogen-bond donors (Lipinski definition) is 0. The third-order valence-electron chi connectivity index (χ3n) is 5.12. The number of aromatic nitrogens is 3. The fourth-order valence-electron chi connectivity index (χ4n) is 3.64. The molecule has 0 atom stereocenters. The zero-order valence-corrected chi connectivity index (χ0v) is 13.9. The van der Waals surface area contributed by atoms with Gasteiger partial charge in [0.25, 0.3) is 5.91 Å². The molecule has 0 bridgehead atoms. The number of nitrogens with zero attached hydrogens (tertiary/aromatic N) is 4. The van der Waals surface area contributed by atoms with Gasteiger partial charge in [-0.3, -0.25) is 4.79 Å². The minimum absolute atomic E-state index is 0.103. The second-order valence-corrected chi connectivity index (χ2v) is 6.69. The van der Waals surface area contributed by atoms with Gasteiger partial charge in [0.2, 0.25) is 0 Å². The van der Waals surface area contributed by atoms with Crippen LogP contribution in [0.15, 0.2) is 24.5 Å². The van der Waals surface area contributed by atoms with Crippen molar-refractivity contribution in [2.75, 3.05) is 19.7 Å². The van der Waals surface area contributed by atoms with E-state index in [1.54, 1.807) is 6.33 Å². The molecule has 0 N–H and O–H groups in total. The smallest absolute Gasteiger partial charge is 0.257 e. The molecule has 1 fully saturated rings. The van der Waals surface area contributed by atoms with Crippen LogP contribution in [-0.4, -0.2) is 45.3 Å². The fourth-order valence-corrected chi connectivity index (χ4v) is 3.64. The van der Waals surface area contributed by atoms with Gasteiger partial charge in [0.15, 0.2) is 0 Å². The van der Waals surface area contributed by atoms with Crippen molar-refractivity contribution in [1.82, 2.24) is 19.7 Å². The predicted molar refractivity (Wildman–Crippen MR) is 89.0 cm³/mol. The van der Waals surface area contributed by atoms with E-state index in [4.69, 9.17) is 4.74 Å². The maximum atomic E-state index is 12.9. The Morgan fingerprint density at radius 3 is 2.92 bits per heavy atom. The normalized spacial score (nSPS) is 17.6. The van der Waals surface area contributed by atoms with Gasteiger partial charge in [0, 0.05) is 33.0 Å². The number of rotatable bonds is 3. The number of aryl methyl sites for hydroxylation is 1. The molecule has 24 heavy (non-hydrogen) atoms. The molecule has 0 aliphatic carbocycles. The van der Waals surface area contributed by atoms with E-state index in [0.717, 1.165) is 61.5 Å². The zero-order chi connectivity index (χ0) is 16.5. The third kappa shape index (κ3) is 2.77. The minimum Gasteiger partial charge on any atom is -0.492 e. The molecule has 2 aromatic rings. The Balaban J connectivity index is 1.40. The number of ether oxygens (including phenoxy) is 1. The SMILES string of the molecule is Cn1cnnc1CC1CCN(C(=O)c2cccc3c2OCC3)CC1. The van der Waals surface area contributed by atoms with Gasteiger partial charge in [-0.05, 0) is 30.4 Å². The number of benzene rings is 1. The van der Waals surface area contributed by atoms with Gasteiger partial charge < -0.3 is 14.2 Å². The van der Waals surface area contributed by atoms with Gasteiger partial charge in [-0.2, -0.15) is 0 Å². The number of likely N-dealkylation sites (tertiary alicyclic amines) is 1. The number of amides is 1. The number of para-hydroxylation sites is 1. The van der Waals surface area contributed by atoms with Crippen molar-refractivity contribution in [2.24, 2.45) is 13.0 Å². The summed E-state index contributed by atoms with van der Waals surface area (Å²) in [6, 6.07) is 5.89. The molecule has 1 saturated heterocycles. The second-order valence-electron chi connectivity index (χ2n) is 6.69. The average Bonchev–Trinajstić information content (AvgIpc) is 3.24. The van der Waals surface area contributed by atoms with Crippen molar-refractivity contribution in [2.45, 2.75) is 25.7 Å². The van der Waals surface area contributed by atoms with Crippen molar-refractivity contribution < 1.29 is 9.53 Å². The molecule has 2 aliphatic rings. The van der Waals surface area contributed by atoms with E-state index in [9.17, 15) is 4.79 Å². The lowest BCUT2D eigenvalue weighted by Gasteiger charge is -2.32. The van der Waals surface area contributed by atoms with Crippen molar-refractivity contribution in [1.29, 1.82) is 0 Å². The first-order valence-corrected chi connectivity index (χ1v) is 8.59. The maximum Gasteiger partial charge on any atom is 0.257 e. The van der Waals surface area contributed by atoms with Crippen LogP contribution in [0.4, 0.5) is 0 Å². The Kier molecular flexibility index (Phi) is 3.96. The van der Waals surface area contributed by atoms with Crippen molar-refractivity contribution in [3.05, 3.63) is 41.5 Å². The molecular weight excluding hydrogens is 304 g/mol. The summed E-state index contributed by atoms with van der Waals surface area (Å²) in [6.45, 7) is 2.27. The first-order chi connectivity index (χ1) is 11.7. The minimum atomic E-state index is 0.103. The molecule has 6 heteroatoms. The van der Waals surface area contributed by atoms with E-state index in [1.807, 2.05) is 34.7 Å². The summed E-state index contributed by atoms with van der Waals surface area (Å²) in [5.74, 6) is 2.48.